The van der Waals surface area contributed by atoms with Crippen LogP contribution in [0.15, 0.2) is 48.8 Å². The number of aromatic nitrogens is 2. The molecule has 0 N–H and O–H groups in total. The Morgan fingerprint density at radius 2 is 1.56 bits per heavy atom. The molecule has 134 valence electrons. The van der Waals surface area contributed by atoms with E-state index in [2.05, 4.69) is 21.6 Å². The normalized spacial score (nSPS) is 10.6. The van der Waals surface area contributed by atoms with Gasteiger partial charge in [-0.15, -0.1) is 0 Å². The summed E-state index contributed by atoms with van der Waals surface area (Å²) in [5.74, 6) is 0.506. The molecule has 25 heavy (non-hydrogen) atoms. The lowest BCUT2D eigenvalue weighted by molar-refractivity contribution is 0.241. The van der Waals surface area contributed by atoms with E-state index in [0.717, 1.165) is 18.4 Å². The molecule has 0 aliphatic carbocycles. The van der Waals surface area contributed by atoms with E-state index in [-0.39, 0.29) is 5.75 Å². The zero-order chi connectivity index (χ0) is 18.1. The highest BCUT2D eigenvalue weighted by atomic mass is 19.3. The summed E-state index contributed by atoms with van der Waals surface area (Å²) in [5.41, 5.74) is 1.79. The second-order valence-corrected chi connectivity index (χ2v) is 5.74. The van der Waals surface area contributed by atoms with Crippen molar-refractivity contribution in [2.75, 3.05) is 0 Å². The van der Waals surface area contributed by atoms with E-state index in [9.17, 15) is 13.2 Å². The van der Waals surface area contributed by atoms with Crippen molar-refractivity contribution in [1.82, 2.24) is 9.97 Å². The Hall–Kier alpha value is -2.37. The second-order valence-electron chi connectivity index (χ2n) is 5.74. The quantitative estimate of drug-likeness (QED) is 0.407. The maximum absolute atomic E-state index is 12.7. The number of benzene rings is 1. The van der Waals surface area contributed by atoms with Crippen LogP contribution in [0.2, 0.25) is 0 Å². The van der Waals surface area contributed by atoms with Crippen molar-refractivity contribution in [1.29, 1.82) is 0 Å². The number of hydrogen-bond acceptors (Lipinski definition) is 3. The monoisotopic (exact) mass is 350 g/mol. The largest absolute Gasteiger partial charge is 0.428 e. The predicted molar refractivity (Wildman–Crippen MR) is 90.9 cm³/mol. The molecule has 0 saturated carbocycles. The summed E-state index contributed by atoms with van der Waals surface area (Å²) in [5, 5.41) is 0. The maximum atomic E-state index is 12.7. The van der Waals surface area contributed by atoms with Gasteiger partial charge in [-0.05, 0) is 42.7 Å². The van der Waals surface area contributed by atoms with Gasteiger partial charge in [0.1, 0.15) is 5.75 Å². The highest BCUT2D eigenvalue weighted by Gasteiger charge is 2.08. The fourth-order valence-electron chi connectivity index (χ4n) is 2.38. The standard InChI is InChI=1S/C19H21F3N2O/c1-2-3-4-5-6-7-14-12-23-19(24-13-14)15-8-10-16(11-9-15)25-18(22)17(20)21/h8-13H,2-7H2,1H3. The van der Waals surface area contributed by atoms with Crippen LogP contribution in [0.25, 0.3) is 11.4 Å². The Morgan fingerprint density at radius 3 is 2.16 bits per heavy atom. The smallest absolute Gasteiger partial charge is 0.344 e. The lowest BCUT2D eigenvalue weighted by Crippen LogP contribution is -1.94. The summed E-state index contributed by atoms with van der Waals surface area (Å²) < 4.78 is 41.1. The second kappa shape index (κ2) is 9.81. The van der Waals surface area contributed by atoms with Gasteiger partial charge in [0.05, 0.1) is 0 Å². The first-order chi connectivity index (χ1) is 12.1. The third kappa shape index (κ3) is 6.21. The average Bonchev–Trinajstić information content (AvgIpc) is 2.63. The molecular weight excluding hydrogens is 329 g/mol. The highest BCUT2D eigenvalue weighted by molar-refractivity contribution is 5.56. The Balaban J connectivity index is 1.92. The zero-order valence-corrected chi connectivity index (χ0v) is 14.1. The van der Waals surface area contributed by atoms with Gasteiger partial charge in [-0.2, -0.15) is 13.2 Å². The molecule has 1 aromatic carbocycles. The SMILES string of the molecule is CCCCCCCc1cnc(-c2ccc(OC(F)=C(F)F)cc2)nc1. The van der Waals surface area contributed by atoms with Gasteiger partial charge in [-0.1, -0.05) is 32.6 Å². The topological polar surface area (TPSA) is 35.0 Å². The Bertz CT molecular complexity index is 681. The van der Waals surface area contributed by atoms with Crippen LogP contribution in [-0.4, -0.2) is 9.97 Å². The molecular formula is C19H21F3N2O. The number of aryl methyl sites for hydroxylation is 1. The molecule has 0 fully saturated rings. The minimum atomic E-state index is -2.49. The summed E-state index contributed by atoms with van der Waals surface area (Å²) in [4.78, 5) is 8.66. The summed E-state index contributed by atoms with van der Waals surface area (Å²) >= 11 is 0. The molecule has 0 atom stereocenters. The highest BCUT2D eigenvalue weighted by Crippen LogP contribution is 2.22. The van der Waals surface area contributed by atoms with E-state index in [0.29, 0.717) is 11.4 Å². The van der Waals surface area contributed by atoms with E-state index in [1.807, 2.05) is 0 Å². The van der Waals surface area contributed by atoms with E-state index >= 15 is 0 Å². The average molecular weight is 350 g/mol. The summed E-state index contributed by atoms with van der Waals surface area (Å²) in [6.07, 6.45) is 8.16. The number of ether oxygens (including phenoxy) is 1. The van der Waals surface area contributed by atoms with Crippen LogP contribution in [0.5, 0.6) is 5.75 Å². The van der Waals surface area contributed by atoms with Crippen LogP contribution in [-0.2, 0) is 6.42 Å². The van der Waals surface area contributed by atoms with Crippen LogP contribution < -0.4 is 4.74 Å². The van der Waals surface area contributed by atoms with Crippen LogP contribution >= 0.6 is 0 Å². The van der Waals surface area contributed by atoms with E-state index in [1.165, 1.54) is 37.8 Å². The van der Waals surface area contributed by atoms with E-state index < -0.39 is 12.1 Å². The Morgan fingerprint density at radius 1 is 0.920 bits per heavy atom. The van der Waals surface area contributed by atoms with Crippen LogP contribution in [0.4, 0.5) is 13.2 Å². The maximum Gasteiger partial charge on any atom is 0.344 e. The third-order valence-corrected chi connectivity index (χ3v) is 3.74. The van der Waals surface area contributed by atoms with Gasteiger partial charge in [-0.25, -0.2) is 9.97 Å². The fourth-order valence-corrected chi connectivity index (χ4v) is 2.38. The van der Waals surface area contributed by atoms with Gasteiger partial charge in [0, 0.05) is 18.0 Å². The number of halogens is 3. The first kappa shape index (κ1) is 19.0. The molecule has 0 aliphatic rings. The number of nitrogens with zero attached hydrogens (tertiary/aromatic N) is 2. The molecule has 0 spiro atoms. The number of hydrogen-bond donors (Lipinski definition) is 0. The van der Waals surface area contributed by atoms with Crippen molar-refractivity contribution in [2.45, 2.75) is 45.4 Å². The van der Waals surface area contributed by atoms with Crippen LogP contribution in [0.1, 0.15) is 44.6 Å². The molecule has 6 heteroatoms. The zero-order valence-electron chi connectivity index (χ0n) is 14.1. The van der Waals surface area contributed by atoms with Crippen molar-refractivity contribution >= 4 is 0 Å². The van der Waals surface area contributed by atoms with Crippen molar-refractivity contribution in [3.8, 4) is 17.1 Å². The van der Waals surface area contributed by atoms with Crippen molar-refractivity contribution in [3.05, 3.63) is 54.3 Å². The molecule has 0 saturated heterocycles. The van der Waals surface area contributed by atoms with Gasteiger partial charge >= 0.3 is 12.1 Å². The third-order valence-electron chi connectivity index (χ3n) is 3.74. The molecule has 0 unspecified atom stereocenters. The minimum absolute atomic E-state index is 0.0160. The number of unbranched alkanes of at least 4 members (excludes halogenated alkanes) is 4. The molecule has 2 aromatic rings. The lowest BCUT2D eigenvalue weighted by Gasteiger charge is -2.05. The van der Waals surface area contributed by atoms with Crippen LogP contribution in [0, 0.1) is 0 Å². The first-order valence-corrected chi connectivity index (χ1v) is 8.40. The van der Waals surface area contributed by atoms with Gasteiger partial charge in [0.2, 0.25) is 0 Å². The summed E-state index contributed by atoms with van der Waals surface area (Å²) in [6.45, 7) is 2.19. The molecule has 1 heterocycles. The number of rotatable bonds is 9. The first-order valence-electron chi connectivity index (χ1n) is 8.40. The molecule has 0 radical (unpaired) electrons. The van der Waals surface area contributed by atoms with E-state index in [1.54, 1.807) is 24.5 Å². The molecule has 1 aromatic heterocycles. The molecule has 0 aliphatic heterocycles. The molecule has 3 nitrogen and oxygen atoms in total. The van der Waals surface area contributed by atoms with E-state index in [4.69, 9.17) is 0 Å². The summed E-state index contributed by atoms with van der Waals surface area (Å²) in [7, 11) is 0. The van der Waals surface area contributed by atoms with Gasteiger partial charge in [0.15, 0.2) is 5.82 Å². The Labute approximate surface area is 145 Å². The molecule has 0 amide bonds. The van der Waals surface area contributed by atoms with Gasteiger partial charge in [-0.3, -0.25) is 0 Å². The molecule has 0 bridgehead atoms. The van der Waals surface area contributed by atoms with Crippen LogP contribution in [0.3, 0.4) is 0 Å². The molecule has 2 rings (SSSR count). The fraction of sp³-hybridized carbons (Fsp3) is 0.368. The van der Waals surface area contributed by atoms with Crippen molar-refractivity contribution in [3.63, 3.8) is 0 Å². The predicted octanol–water partition coefficient (Wildman–Crippen LogP) is 6.07. The minimum Gasteiger partial charge on any atom is -0.428 e. The lowest BCUT2D eigenvalue weighted by atomic mass is 10.1. The van der Waals surface area contributed by atoms with Crippen molar-refractivity contribution in [2.24, 2.45) is 0 Å². The summed E-state index contributed by atoms with van der Waals surface area (Å²) in [6, 6.07) is 4.08. The Kier molecular flexibility index (Phi) is 7.44. The van der Waals surface area contributed by atoms with Gasteiger partial charge in [0.25, 0.3) is 0 Å². The van der Waals surface area contributed by atoms with Gasteiger partial charge < -0.3 is 4.74 Å². The van der Waals surface area contributed by atoms with Crippen molar-refractivity contribution < 1.29 is 17.9 Å².